The highest BCUT2D eigenvalue weighted by Crippen LogP contribution is 2.14. The first-order valence-corrected chi connectivity index (χ1v) is 7.83. The molecule has 108 valence electrons. The lowest BCUT2D eigenvalue weighted by Gasteiger charge is -2.36. The fourth-order valence-electron chi connectivity index (χ4n) is 2.72. The zero-order chi connectivity index (χ0) is 13.2. The van der Waals surface area contributed by atoms with Crippen LogP contribution in [0, 0.1) is 0 Å². The monoisotopic (exact) mass is 255 g/mol. The zero-order valence-electron chi connectivity index (χ0n) is 12.7. The third-order valence-corrected chi connectivity index (χ3v) is 3.97. The quantitative estimate of drug-likeness (QED) is 0.637. The number of hydrogen-bond donors (Lipinski definition) is 1. The SMILES string of the molecule is CCCNCCCCCN1CCCC(N(C)C)C1. The Balaban J connectivity index is 1.98. The number of likely N-dealkylation sites (N-methyl/N-ethyl adjacent to an activating group) is 1. The van der Waals surface area contributed by atoms with Crippen LogP contribution in [-0.2, 0) is 0 Å². The van der Waals surface area contributed by atoms with Gasteiger partial charge in [-0.1, -0.05) is 13.3 Å². The summed E-state index contributed by atoms with van der Waals surface area (Å²) in [7, 11) is 4.43. The maximum atomic E-state index is 3.48. The Kier molecular flexibility index (Phi) is 8.64. The van der Waals surface area contributed by atoms with Crippen molar-refractivity contribution >= 4 is 0 Å². The van der Waals surface area contributed by atoms with Crippen molar-refractivity contribution in [1.29, 1.82) is 0 Å². The topological polar surface area (TPSA) is 18.5 Å². The number of nitrogens with zero attached hydrogens (tertiary/aromatic N) is 2. The van der Waals surface area contributed by atoms with Gasteiger partial charge in [0.15, 0.2) is 0 Å². The van der Waals surface area contributed by atoms with Crippen LogP contribution in [0.4, 0.5) is 0 Å². The molecular formula is C15H33N3. The molecule has 0 aromatic rings. The minimum Gasteiger partial charge on any atom is -0.317 e. The molecule has 1 rings (SSSR count). The second-order valence-corrected chi connectivity index (χ2v) is 5.87. The van der Waals surface area contributed by atoms with Crippen LogP contribution >= 0.6 is 0 Å². The van der Waals surface area contributed by atoms with Gasteiger partial charge >= 0.3 is 0 Å². The first kappa shape index (κ1) is 15.9. The lowest BCUT2D eigenvalue weighted by molar-refractivity contribution is 0.131. The normalized spacial score (nSPS) is 21.7. The van der Waals surface area contributed by atoms with Gasteiger partial charge < -0.3 is 15.1 Å². The van der Waals surface area contributed by atoms with Gasteiger partial charge in [-0.2, -0.15) is 0 Å². The van der Waals surface area contributed by atoms with E-state index in [2.05, 4.69) is 36.1 Å². The smallest absolute Gasteiger partial charge is 0.0217 e. The van der Waals surface area contributed by atoms with E-state index in [9.17, 15) is 0 Å². The highest BCUT2D eigenvalue weighted by molar-refractivity contribution is 4.77. The summed E-state index contributed by atoms with van der Waals surface area (Å²) in [5.74, 6) is 0. The Morgan fingerprint density at radius 2 is 2.00 bits per heavy atom. The molecule has 1 saturated heterocycles. The molecule has 0 bridgehead atoms. The van der Waals surface area contributed by atoms with Crippen LogP contribution < -0.4 is 5.32 Å². The van der Waals surface area contributed by atoms with Gasteiger partial charge in [0, 0.05) is 12.6 Å². The summed E-state index contributed by atoms with van der Waals surface area (Å²) in [6.45, 7) is 8.51. The molecule has 0 amide bonds. The van der Waals surface area contributed by atoms with Crippen LogP contribution in [0.25, 0.3) is 0 Å². The standard InChI is InChI=1S/C15H33N3/c1-4-10-16-11-6-5-7-12-18-13-8-9-15(14-18)17(2)3/h15-16H,4-14H2,1-3H3. The van der Waals surface area contributed by atoms with Crippen molar-refractivity contribution in [2.75, 3.05) is 46.8 Å². The van der Waals surface area contributed by atoms with Crippen LogP contribution in [-0.4, -0.2) is 62.7 Å². The maximum absolute atomic E-state index is 3.48. The van der Waals surface area contributed by atoms with Crippen LogP contribution in [0.3, 0.4) is 0 Å². The molecule has 1 fully saturated rings. The molecular weight excluding hydrogens is 222 g/mol. The number of hydrogen-bond acceptors (Lipinski definition) is 3. The molecule has 1 unspecified atom stereocenters. The Hall–Kier alpha value is -0.120. The van der Waals surface area contributed by atoms with Crippen LogP contribution in [0.15, 0.2) is 0 Å². The summed E-state index contributed by atoms with van der Waals surface area (Å²) in [5, 5.41) is 3.48. The van der Waals surface area contributed by atoms with Gasteiger partial charge in [-0.3, -0.25) is 0 Å². The van der Waals surface area contributed by atoms with E-state index in [1.807, 2.05) is 0 Å². The van der Waals surface area contributed by atoms with Crippen LogP contribution in [0.2, 0.25) is 0 Å². The van der Waals surface area contributed by atoms with E-state index in [0.717, 1.165) is 6.04 Å². The average molecular weight is 255 g/mol. The number of unbranched alkanes of at least 4 members (excludes halogenated alkanes) is 2. The number of likely N-dealkylation sites (tertiary alicyclic amines) is 1. The average Bonchev–Trinajstić information content (AvgIpc) is 2.38. The largest absolute Gasteiger partial charge is 0.317 e. The molecule has 3 heteroatoms. The van der Waals surface area contributed by atoms with Gasteiger partial charge in [0.2, 0.25) is 0 Å². The van der Waals surface area contributed by atoms with Gasteiger partial charge in [-0.15, -0.1) is 0 Å². The lowest BCUT2D eigenvalue weighted by atomic mass is 10.0. The first-order chi connectivity index (χ1) is 8.74. The molecule has 1 N–H and O–H groups in total. The maximum Gasteiger partial charge on any atom is 0.0217 e. The minimum absolute atomic E-state index is 0.782. The van der Waals surface area contributed by atoms with E-state index < -0.39 is 0 Å². The molecule has 0 aliphatic carbocycles. The summed E-state index contributed by atoms with van der Waals surface area (Å²) >= 11 is 0. The van der Waals surface area contributed by atoms with Crippen molar-refractivity contribution in [2.45, 2.75) is 51.5 Å². The second kappa shape index (κ2) is 9.76. The van der Waals surface area contributed by atoms with Gasteiger partial charge in [0.05, 0.1) is 0 Å². The summed E-state index contributed by atoms with van der Waals surface area (Å²) in [6, 6.07) is 0.782. The minimum atomic E-state index is 0.782. The number of nitrogens with one attached hydrogen (secondary N) is 1. The van der Waals surface area contributed by atoms with Crippen LogP contribution in [0.5, 0.6) is 0 Å². The zero-order valence-corrected chi connectivity index (χ0v) is 12.7. The first-order valence-electron chi connectivity index (χ1n) is 7.83. The number of rotatable bonds is 9. The van der Waals surface area contributed by atoms with Crippen molar-refractivity contribution in [3.8, 4) is 0 Å². The molecule has 1 atom stereocenters. The number of piperidine rings is 1. The fraction of sp³-hybridized carbons (Fsp3) is 1.00. The second-order valence-electron chi connectivity index (χ2n) is 5.87. The summed E-state index contributed by atoms with van der Waals surface area (Å²) in [4.78, 5) is 5.05. The molecule has 1 heterocycles. The third kappa shape index (κ3) is 6.72. The summed E-state index contributed by atoms with van der Waals surface area (Å²) in [5.41, 5.74) is 0. The van der Waals surface area contributed by atoms with Crippen LogP contribution in [0.1, 0.15) is 45.4 Å². The Morgan fingerprint density at radius 1 is 1.17 bits per heavy atom. The molecule has 1 aliphatic heterocycles. The van der Waals surface area contributed by atoms with E-state index in [1.54, 1.807) is 0 Å². The van der Waals surface area contributed by atoms with E-state index in [1.165, 1.54) is 71.2 Å². The Bertz CT molecular complexity index is 194. The Labute approximate surface area is 114 Å². The predicted octanol–water partition coefficient (Wildman–Crippen LogP) is 2.18. The molecule has 1 aliphatic rings. The Morgan fingerprint density at radius 3 is 2.72 bits per heavy atom. The molecule has 0 aromatic heterocycles. The van der Waals surface area contributed by atoms with E-state index in [4.69, 9.17) is 0 Å². The molecule has 18 heavy (non-hydrogen) atoms. The summed E-state index contributed by atoms with van der Waals surface area (Å²) < 4.78 is 0. The van der Waals surface area contributed by atoms with Crippen molar-refractivity contribution in [1.82, 2.24) is 15.1 Å². The van der Waals surface area contributed by atoms with Crippen molar-refractivity contribution in [3.63, 3.8) is 0 Å². The van der Waals surface area contributed by atoms with Crippen molar-refractivity contribution in [2.24, 2.45) is 0 Å². The van der Waals surface area contributed by atoms with E-state index in [0.29, 0.717) is 0 Å². The molecule has 0 spiro atoms. The van der Waals surface area contributed by atoms with Gasteiger partial charge in [0.25, 0.3) is 0 Å². The highest BCUT2D eigenvalue weighted by atomic mass is 15.2. The summed E-state index contributed by atoms with van der Waals surface area (Å²) in [6.07, 6.45) is 8.09. The lowest BCUT2D eigenvalue weighted by Crippen LogP contribution is -2.45. The molecule has 3 nitrogen and oxygen atoms in total. The highest BCUT2D eigenvalue weighted by Gasteiger charge is 2.20. The van der Waals surface area contributed by atoms with Gasteiger partial charge in [0.1, 0.15) is 0 Å². The third-order valence-electron chi connectivity index (χ3n) is 3.97. The van der Waals surface area contributed by atoms with E-state index >= 15 is 0 Å². The van der Waals surface area contributed by atoms with Gasteiger partial charge in [-0.25, -0.2) is 0 Å². The fourth-order valence-corrected chi connectivity index (χ4v) is 2.72. The van der Waals surface area contributed by atoms with Crippen molar-refractivity contribution < 1.29 is 0 Å². The van der Waals surface area contributed by atoms with E-state index in [-0.39, 0.29) is 0 Å². The molecule has 0 radical (unpaired) electrons. The predicted molar refractivity (Wildman–Crippen MR) is 80.2 cm³/mol. The van der Waals surface area contributed by atoms with Gasteiger partial charge in [-0.05, 0) is 72.4 Å². The van der Waals surface area contributed by atoms with Crippen molar-refractivity contribution in [3.05, 3.63) is 0 Å². The molecule has 0 aromatic carbocycles. The molecule has 0 saturated carbocycles.